The van der Waals surface area contributed by atoms with Crippen molar-refractivity contribution in [1.29, 1.82) is 0 Å². The number of methoxy groups -OCH3 is 1. The summed E-state index contributed by atoms with van der Waals surface area (Å²) in [4.78, 5) is 8.09. The van der Waals surface area contributed by atoms with Gasteiger partial charge in [-0.2, -0.15) is 0 Å². The van der Waals surface area contributed by atoms with Crippen LogP contribution in [0.1, 0.15) is 88.5 Å². The van der Waals surface area contributed by atoms with E-state index >= 15 is 0 Å². The highest BCUT2D eigenvalue weighted by molar-refractivity contribution is 5.85. The summed E-state index contributed by atoms with van der Waals surface area (Å²) in [6.45, 7) is 8.51. The summed E-state index contributed by atoms with van der Waals surface area (Å²) in [7, 11) is 1.87. The third kappa shape index (κ3) is 5.80. The minimum Gasteiger partial charge on any atom is -0.381 e. The molecule has 196 valence electrons. The summed E-state index contributed by atoms with van der Waals surface area (Å²) in [5, 5.41) is 0. The monoisotopic (exact) mass is 501 g/mol. The summed E-state index contributed by atoms with van der Waals surface area (Å²) < 4.78 is 5.64. The highest BCUT2D eigenvalue weighted by Gasteiger charge is 2.39. The van der Waals surface area contributed by atoms with E-state index in [1.807, 2.05) is 7.11 Å². The molecule has 1 aromatic rings. The average molecular weight is 502 g/mol. The molecule has 0 N–H and O–H groups in total. The Balaban J connectivity index is 0.00000253. The first-order valence-corrected chi connectivity index (χ1v) is 14.6. The predicted molar refractivity (Wildman–Crippen MR) is 149 cm³/mol. The summed E-state index contributed by atoms with van der Waals surface area (Å²) in [6.07, 6.45) is 17.4. The van der Waals surface area contributed by atoms with Crippen molar-refractivity contribution in [3.05, 3.63) is 23.8 Å². The Morgan fingerprint density at radius 1 is 0.800 bits per heavy atom. The van der Waals surface area contributed by atoms with Gasteiger partial charge < -0.3 is 14.5 Å². The van der Waals surface area contributed by atoms with Crippen LogP contribution < -0.4 is 9.80 Å². The first-order valence-electron chi connectivity index (χ1n) is 14.6. The second kappa shape index (κ2) is 11.2. The maximum atomic E-state index is 5.64. The third-order valence-corrected chi connectivity index (χ3v) is 10.2. The van der Waals surface area contributed by atoms with Crippen LogP contribution in [0, 0.1) is 11.3 Å². The number of benzene rings is 1. The number of ether oxygens (including phenoxy) is 1. The van der Waals surface area contributed by atoms with E-state index in [1.54, 1.807) is 11.3 Å². The molecule has 1 aromatic carbocycles. The van der Waals surface area contributed by atoms with E-state index in [9.17, 15) is 0 Å². The molecule has 0 aromatic heterocycles. The van der Waals surface area contributed by atoms with Gasteiger partial charge in [0.2, 0.25) is 0 Å². The van der Waals surface area contributed by atoms with Crippen LogP contribution in [0.25, 0.3) is 0 Å². The molecule has 0 amide bonds. The molecule has 3 aliphatic carbocycles. The lowest BCUT2D eigenvalue weighted by atomic mass is 9.68. The number of rotatable bonds is 6. The Kier molecular flexibility index (Phi) is 8.21. The number of piperazine rings is 1. The molecule has 2 heterocycles. The van der Waals surface area contributed by atoms with Crippen LogP contribution >= 0.6 is 12.4 Å². The molecule has 0 radical (unpaired) electrons. The minimum absolute atomic E-state index is 0. The maximum Gasteiger partial charge on any atom is 0.0605 e. The van der Waals surface area contributed by atoms with Gasteiger partial charge in [0, 0.05) is 64.3 Å². The fraction of sp³-hybridized carbons (Fsp3) is 0.800. The van der Waals surface area contributed by atoms with Crippen molar-refractivity contribution in [3.63, 3.8) is 0 Å². The van der Waals surface area contributed by atoms with Gasteiger partial charge in [0.1, 0.15) is 0 Å². The van der Waals surface area contributed by atoms with Gasteiger partial charge in [-0.1, -0.05) is 12.8 Å². The number of piperidine rings is 1. The van der Waals surface area contributed by atoms with Gasteiger partial charge >= 0.3 is 0 Å². The van der Waals surface area contributed by atoms with E-state index < -0.39 is 0 Å². The van der Waals surface area contributed by atoms with Gasteiger partial charge in [0.05, 0.1) is 6.10 Å². The molecule has 0 atom stereocenters. The molecule has 1 spiro atoms. The van der Waals surface area contributed by atoms with Crippen LogP contribution in [0.4, 0.5) is 11.4 Å². The van der Waals surface area contributed by atoms with Crippen molar-refractivity contribution >= 4 is 23.8 Å². The molecule has 2 aliphatic heterocycles. The SMILES string of the molecule is COC1CCN(c2ccc(N3CCN(CC4CC4)CC3)c(C3CCC4(CCCC4)CC3)c2)CC1.Cl. The molecule has 5 heteroatoms. The summed E-state index contributed by atoms with van der Waals surface area (Å²) in [5.74, 6) is 1.76. The Morgan fingerprint density at radius 2 is 1.49 bits per heavy atom. The second-order valence-corrected chi connectivity index (χ2v) is 12.4. The van der Waals surface area contributed by atoms with Crippen molar-refractivity contribution in [1.82, 2.24) is 4.90 Å². The Bertz CT molecular complexity index is 811. The lowest BCUT2D eigenvalue weighted by Gasteiger charge is -2.41. The van der Waals surface area contributed by atoms with Crippen molar-refractivity contribution < 1.29 is 4.74 Å². The first kappa shape index (κ1) is 25.7. The quantitative estimate of drug-likeness (QED) is 0.444. The molecule has 5 fully saturated rings. The Morgan fingerprint density at radius 3 is 2.11 bits per heavy atom. The number of halogens is 1. The van der Waals surface area contributed by atoms with Gasteiger partial charge in [-0.3, -0.25) is 4.90 Å². The van der Waals surface area contributed by atoms with E-state index in [0.29, 0.717) is 11.5 Å². The summed E-state index contributed by atoms with van der Waals surface area (Å²) in [5.41, 5.74) is 5.41. The summed E-state index contributed by atoms with van der Waals surface area (Å²) in [6, 6.07) is 7.56. The van der Waals surface area contributed by atoms with E-state index in [4.69, 9.17) is 4.74 Å². The molecule has 5 aliphatic rings. The molecule has 35 heavy (non-hydrogen) atoms. The zero-order valence-electron chi connectivity index (χ0n) is 22.1. The standard InChI is InChI=1S/C30H47N3O.ClH/c1-34-27-10-16-32(17-11-27)26-6-7-29(33-20-18-31(19-21-33)23-24-4-5-24)28(22-26)25-8-14-30(15-9-25)12-2-3-13-30;/h6-7,22,24-25,27H,2-5,8-21,23H2,1H3;1H. The fourth-order valence-electron chi connectivity index (χ4n) is 7.71. The van der Waals surface area contributed by atoms with E-state index in [0.717, 1.165) is 37.8 Å². The van der Waals surface area contributed by atoms with Gasteiger partial charge in [-0.15, -0.1) is 12.4 Å². The van der Waals surface area contributed by atoms with Crippen LogP contribution in [-0.2, 0) is 4.74 Å². The highest BCUT2D eigenvalue weighted by atomic mass is 35.5. The van der Waals surface area contributed by atoms with Crippen LogP contribution in [0.15, 0.2) is 18.2 Å². The van der Waals surface area contributed by atoms with Crippen molar-refractivity contribution in [3.8, 4) is 0 Å². The van der Waals surface area contributed by atoms with Gasteiger partial charge in [-0.05, 0) is 105 Å². The minimum atomic E-state index is 0. The molecule has 4 nitrogen and oxygen atoms in total. The van der Waals surface area contributed by atoms with E-state index in [-0.39, 0.29) is 12.4 Å². The first-order chi connectivity index (χ1) is 16.7. The third-order valence-electron chi connectivity index (χ3n) is 10.2. The number of anilines is 2. The molecule has 0 unspecified atom stereocenters. The number of hydrogen-bond donors (Lipinski definition) is 0. The molecular weight excluding hydrogens is 454 g/mol. The smallest absolute Gasteiger partial charge is 0.0605 e. The lowest BCUT2D eigenvalue weighted by molar-refractivity contribution is 0.0819. The topological polar surface area (TPSA) is 19.0 Å². The molecule has 0 bridgehead atoms. The Labute approximate surface area is 220 Å². The van der Waals surface area contributed by atoms with E-state index in [1.165, 1.54) is 103 Å². The zero-order valence-corrected chi connectivity index (χ0v) is 22.9. The lowest BCUT2D eigenvalue weighted by Crippen LogP contribution is -2.47. The van der Waals surface area contributed by atoms with Gasteiger partial charge in [0.25, 0.3) is 0 Å². The van der Waals surface area contributed by atoms with Crippen LogP contribution in [0.3, 0.4) is 0 Å². The van der Waals surface area contributed by atoms with E-state index in [2.05, 4.69) is 32.9 Å². The summed E-state index contributed by atoms with van der Waals surface area (Å²) >= 11 is 0. The largest absolute Gasteiger partial charge is 0.381 e. The van der Waals surface area contributed by atoms with Crippen molar-refractivity contribution in [2.24, 2.45) is 11.3 Å². The predicted octanol–water partition coefficient (Wildman–Crippen LogP) is 6.47. The van der Waals surface area contributed by atoms with Crippen LogP contribution in [-0.4, -0.2) is 63.9 Å². The Hall–Kier alpha value is -0.970. The normalized spacial score (nSPS) is 26.3. The van der Waals surface area contributed by atoms with Crippen molar-refractivity contribution in [2.75, 3.05) is 62.7 Å². The fourth-order valence-corrected chi connectivity index (χ4v) is 7.71. The second-order valence-electron chi connectivity index (χ2n) is 12.4. The number of hydrogen-bond acceptors (Lipinski definition) is 4. The molecular formula is C30H48ClN3O. The highest BCUT2D eigenvalue weighted by Crippen LogP contribution is 2.53. The maximum absolute atomic E-state index is 5.64. The zero-order chi connectivity index (χ0) is 23.0. The van der Waals surface area contributed by atoms with Crippen molar-refractivity contribution in [2.45, 2.75) is 89.1 Å². The molecule has 2 saturated heterocycles. The van der Waals surface area contributed by atoms with Crippen LogP contribution in [0.5, 0.6) is 0 Å². The number of nitrogens with zero attached hydrogens (tertiary/aromatic N) is 3. The average Bonchev–Trinajstić information content (AvgIpc) is 3.60. The molecule has 3 saturated carbocycles. The molecule has 6 rings (SSSR count). The van der Waals surface area contributed by atoms with Gasteiger partial charge in [0.15, 0.2) is 0 Å². The van der Waals surface area contributed by atoms with Gasteiger partial charge in [-0.25, -0.2) is 0 Å². The van der Waals surface area contributed by atoms with Crippen LogP contribution in [0.2, 0.25) is 0 Å².